The predicted molar refractivity (Wildman–Crippen MR) is 46.1 cm³/mol. The molecular formula is C9H15NO3. The maximum absolute atomic E-state index is 10.8. The average Bonchev–Trinajstić information content (AvgIpc) is 2.25. The average molecular weight is 185 g/mol. The van der Waals surface area contributed by atoms with Gasteiger partial charge in [-0.25, -0.2) is 0 Å². The molecule has 0 spiro atoms. The van der Waals surface area contributed by atoms with Crippen molar-refractivity contribution in [1.82, 2.24) is 5.32 Å². The van der Waals surface area contributed by atoms with Gasteiger partial charge in [0.1, 0.15) is 6.10 Å². The van der Waals surface area contributed by atoms with E-state index >= 15 is 0 Å². The zero-order chi connectivity index (χ0) is 9.42. The standard InChI is InChI=1S/C9H15NO3/c1-5(11)13-9-3-6-2-7(12)4-8(9)10-6/h6-10,12H,2-4H2,1H3/t6-,7-,8+,9-/m0/s1. The van der Waals surface area contributed by atoms with E-state index < -0.39 is 0 Å². The molecule has 2 aliphatic heterocycles. The zero-order valence-corrected chi connectivity index (χ0v) is 7.69. The van der Waals surface area contributed by atoms with Crippen molar-refractivity contribution in [3.8, 4) is 0 Å². The van der Waals surface area contributed by atoms with Gasteiger partial charge in [-0.1, -0.05) is 0 Å². The number of rotatable bonds is 1. The van der Waals surface area contributed by atoms with Gasteiger partial charge in [0.05, 0.1) is 6.10 Å². The fraction of sp³-hybridized carbons (Fsp3) is 0.889. The number of hydrogen-bond acceptors (Lipinski definition) is 4. The van der Waals surface area contributed by atoms with Gasteiger partial charge in [-0.3, -0.25) is 4.79 Å². The highest BCUT2D eigenvalue weighted by Gasteiger charge is 2.41. The summed E-state index contributed by atoms with van der Waals surface area (Å²) in [6.07, 6.45) is 2.08. The fourth-order valence-electron chi connectivity index (χ4n) is 2.37. The van der Waals surface area contributed by atoms with E-state index in [9.17, 15) is 9.90 Å². The van der Waals surface area contributed by atoms with E-state index in [-0.39, 0.29) is 24.2 Å². The topological polar surface area (TPSA) is 58.6 Å². The Kier molecular flexibility index (Phi) is 2.26. The van der Waals surface area contributed by atoms with Crippen LogP contribution in [0.25, 0.3) is 0 Å². The number of carbonyl (C=O) groups is 1. The van der Waals surface area contributed by atoms with Crippen LogP contribution in [0.4, 0.5) is 0 Å². The van der Waals surface area contributed by atoms with Crippen LogP contribution in [0.5, 0.6) is 0 Å². The quantitative estimate of drug-likeness (QED) is 0.556. The summed E-state index contributed by atoms with van der Waals surface area (Å²) in [7, 11) is 0. The first kappa shape index (κ1) is 8.97. The maximum Gasteiger partial charge on any atom is 0.302 e. The summed E-state index contributed by atoms with van der Waals surface area (Å²) in [5.74, 6) is -0.228. The monoisotopic (exact) mass is 185 g/mol. The van der Waals surface area contributed by atoms with E-state index in [0.29, 0.717) is 12.5 Å². The first-order valence-electron chi connectivity index (χ1n) is 4.76. The van der Waals surface area contributed by atoms with E-state index in [1.54, 1.807) is 0 Å². The highest BCUT2D eigenvalue weighted by atomic mass is 16.5. The summed E-state index contributed by atoms with van der Waals surface area (Å²) >= 11 is 0. The van der Waals surface area contributed by atoms with Gasteiger partial charge in [-0.2, -0.15) is 0 Å². The molecule has 0 aromatic carbocycles. The minimum atomic E-state index is -0.228. The summed E-state index contributed by atoms with van der Waals surface area (Å²) in [4.78, 5) is 10.8. The lowest BCUT2D eigenvalue weighted by Gasteiger charge is -2.26. The van der Waals surface area contributed by atoms with Crippen LogP contribution in [0.2, 0.25) is 0 Å². The molecule has 2 bridgehead atoms. The molecule has 0 unspecified atom stereocenters. The van der Waals surface area contributed by atoms with E-state index in [2.05, 4.69) is 5.32 Å². The minimum Gasteiger partial charge on any atom is -0.461 e. The minimum absolute atomic E-state index is 0.0281. The van der Waals surface area contributed by atoms with E-state index in [4.69, 9.17) is 4.74 Å². The highest BCUT2D eigenvalue weighted by Crippen LogP contribution is 2.29. The molecule has 2 fully saturated rings. The van der Waals surface area contributed by atoms with Crippen LogP contribution in [-0.2, 0) is 9.53 Å². The number of ether oxygens (including phenoxy) is 1. The smallest absolute Gasteiger partial charge is 0.302 e. The molecule has 13 heavy (non-hydrogen) atoms. The third kappa shape index (κ3) is 1.84. The van der Waals surface area contributed by atoms with Crippen molar-refractivity contribution in [1.29, 1.82) is 0 Å². The van der Waals surface area contributed by atoms with Crippen molar-refractivity contribution >= 4 is 5.97 Å². The first-order chi connectivity index (χ1) is 6.15. The highest BCUT2D eigenvalue weighted by molar-refractivity contribution is 5.66. The Balaban J connectivity index is 1.97. The van der Waals surface area contributed by atoms with Crippen LogP contribution in [0, 0.1) is 0 Å². The van der Waals surface area contributed by atoms with Gasteiger partial charge in [-0.05, 0) is 12.8 Å². The lowest BCUT2D eigenvalue weighted by molar-refractivity contribution is -0.146. The van der Waals surface area contributed by atoms with Gasteiger partial charge in [0.25, 0.3) is 0 Å². The lowest BCUT2D eigenvalue weighted by atomic mass is 10.0. The molecule has 0 saturated carbocycles. The van der Waals surface area contributed by atoms with Crippen LogP contribution in [0.3, 0.4) is 0 Å². The van der Waals surface area contributed by atoms with Crippen molar-refractivity contribution < 1.29 is 14.6 Å². The largest absolute Gasteiger partial charge is 0.461 e. The molecular weight excluding hydrogens is 170 g/mol. The summed E-state index contributed by atoms with van der Waals surface area (Å²) < 4.78 is 5.16. The lowest BCUT2D eigenvalue weighted by Crippen LogP contribution is -2.43. The van der Waals surface area contributed by atoms with Crippen molar-refractivity contribution in [2.24, 2.45) is 0 Å². The zero-order valence-electron chi connectivity index (χ0n) is 7.69. The Morgan fingerprint density at radius 3 is 2.92 bits per heavy atom. The molecule has 2 saturated heterocycles. The number of aliphatic hydroxyl groups excluding tert-OH is 1. The summed E-state index contributed by atoms with van der Waals surface area (Å²) in [5, 5.41) is 12.8. The summed E-state index contributed by atoms with van der Waals surface area (Å²) in [6, 6.07) is 0.496. The van der Waals surface area contributed by atoms with Gasteiger partial charge < -0.3 is 15.2 Å². The summed E-state index contributed by atoms with van der Waals surface area (Å²) in [5.41, 5.74) is 0. The maximum atomic E-state index is 10.8. The second kappa shape index (κ2) is 3.27. The molecule has 2 heterocycles. The molecule has 74 valence electrons. The second-order valence-electron chi connectivity index (χ2n) is 3.98. The molecule has 0 amide bonds. The van der Waals surface area contributed by atoms with Crippen molar-refractivity contribution in [2.45, 2.75) is 50.5 Å². The van der Waals surface area contributed by atoms with Gasteiger partial charge in [0, 0.05) is 25.4 Å². The van der Waals surface area contributed by atoms with Crippen molar-refractivity contribution in [3.63, 3.8) is 0 Å². The van der Waals surface area contributed by atoms with E-state index in [1.807, 2.05) is 0 Å². The van der Waals surface area contributed by atoms with Crippen LogP contribution in [0.1, 0.15) is 26.2 Å². The molecule has 4 nitrogen and oxygen atoms in total. The predicted octanol–water partition coefficient (Wildman–Crippen LogP) is -0.197. The van der Waals surface area contributed by atoms with Gasteiger partial charge in [-0.15, -0.1) is 0 Å². The third-order valence-corrected chi connectivity index (χ3v) is 2.82. The number of esters is 1. The van der Waals surface area contributed by atoms with Crippen molar-refractivity contribution in [3.05, 3.63) is 0 Å². The third-order valence-electron chi connectivity index (χ3n) is 2.82. The number of carbonyl (C=O) groups excluding carboxylic acids is 1. The molecule has 0 aromatic heterocycles. The Hall–Kier alpha value is -0.610. The van der Waals surface area contributed by atoms with Crippen LogP contribution in [0.15, 0.2) is 0 Å². The Morgan fingerprint density at radius 1 is 1.46 bits per heavy atom. The summed E-state index contributed by atoms with van der Waals surface area (Å²) in [6.45, 7) is 1.43. The second-order valence-corrected chi connectivity index (χ2v) is 3.98. The molecule has 4 heteroatoms. The molecule has 2 rings (SSSR count). The Morgan fingerprint density at radius 2 is 2.23 bits per heavy atom. The van der Waals surface area contributed by atoms with Crippen LogP contribution in [-0.4, -0.2) is 35.4 Å². The van der Waals surface area contributed by atoms with Crippen LogP contribution < -0.4 is 5.32 Å². The van der Waals surface area contributed by atoms with Gasteiger partial charge in [0.15, 0.2) is 0 Å². The fourth-order valence-corrected chi connectivity index (χ4v) is 2.37. The van der Waals surface area contributed by atoms with E-state index in [0.717, 1.165) is 12.8 Å². The number of aliphatic hydroxyl groups is 1. The number of hydrogen-bond donors (Lipinski definition) is 2. The van der Waals surface area contributed by atoms with Crippen molar-refractivity contribution in [2.75, 3.05) is 0 Å². The normalized spacial score (nSPS) is 43.2. The molecule has 0 radical (unpaired) electrons. The molecule has 2 aliphatic rings. The Labute approximate surface area is 77.3 Å². The SMILES string of the molecule is CC(=O)O[C@H]1C[C@@H]2C[C@H](O)C[C@H]1N2. The molecule has 0 aromatic rings. The molecule has 2 N–H and O–H groups in total. The first-order valence-corrected chi connectivity index (χ1v) is 4.76. The molecule has 0 aliphatic carbocycles. The Bertz CT molecular complexity index is 219. The van der Waals surface area contributed by atoms with E-state index in [1.165, 1.54) is 6.92 Å². The van der Waals surface area contributed by atoms with Gasteiger partial charge >= 0.3 is 5.97 Å². The number of fused-ring (bicyclic) bond motifs is 2. The molecule has 4 atom stereocenters. The van der Waals surface area contributed by atoms with Gasteiger partial charge in [0.2, 0.25) is 0 Å². The van der Waals surface area contributed by atoms with Crippen LogP contribution >= 0.6 is 0 Å². The number of nitrogens with one attached hydrogen (secondary N) is 1. The number of piperidine rings is 1.